The van der Waals surface area contributed by atoms with Crippen molar-refractivity contribution in [1.82, 2.24) is 9.62 Å². The first-order chi connectivity index (χ1) is 8.85. The van der Waals surface area contributed by atoms with Crippen molar-refractivity contribution in [3.63, 3.8) is 0 Å². The fourth-order valence-corrected chi connectivity index (χ4v) is 4.58. The van der Waals surface area contributed by atoms with E-state index in [1.807, 2.05) is 0 Å². The standard InChI is InChI=1S/C11H13BrCl2N2O2S.ClH/c1-16(7-4-5-15-6-7)19(17,18)9-3-2-8(12)10(13)11(9)14;/h2-3,7,15H,4-6H2,1H3;1H. The maximum Gasteiger partial charge on any atom is 0.244 e. The third-order valence-corrected chi connectivity index (χ3v) is 7.04. The maximum atomic E-state index is 12.5. The largest absolute Gasteiger partial charge is 0.315 e. The summed E-state index contributed by atoms with van der Waals surface area (Å²) in [4.78, 5) is 0.0387. The van der Waals surface area contributed by atoms with Gasteiger partial charge in [0.15, 0.2) is 0 Å². The van der Waals surface area contributed by atoms with Crippen molar-refractivity contribution >= 4 is 61.6 Å². The molecule has 9 heteroatoms. The van der Waals surface area contributed by atoms with E-state index in [1.165, 1.54) is 10.4 Å². The monoisotopic (exact) mass is 422 g/mol. The molecule has 0 bridgehead atoms. The van der Waals surface area contributed by atoms with Gasteiger partial charge in [0.2, 0.25) is 10.0 Å². The van der Waals surface area contributed by atoms with E-state index in [-0.39, 0.29) is 33.4 Å². The molecule has 1 atom stereocenters. The van der Waals surface area contributed by atoms with E-state index < -0.39 is 10.0 Å². The van der Waals surface area contributed by atoms with Gasteiger partial charge in [-0.2, -0.15) is 4.31 Å². The van der Waals surface area contributed by atoms with Gasteiger partial charge < -0.3 is 5.32 Å². The smallest absolute Gasteiger partial charge is 0.244 e. The first-order valence-corrected chi connectivity index (χ1v) is 8.67. The minimum Gasteiger partial charge on any atom is -0.315 e. The zero-order valence-corrected chi connectivity index (χ0v) is 15.3. The predicted octanol–water partition coefficient (Wildman–Crippen LogP) is 3.16. The van der Waals surface area contributed by atoms with Gasteiger partial charge in [0, 0.05) is 24.1 Å². The van der Waals surface area contributed by atoms with Crippen LogP contribution >= 0.6 is 51.5 Å². The number of halogens is 4. The molecule has 0 spiro atoms. The Labute approximate surface area is 143 Å². The van der Waals surface area contributed by atoms with Gasteiger partial charge in [-0.25, -0.2) is 8.42 Å². The second kappa shape index (κ2) is 7.13. The van der Waals surface area contributed by atoms with Crippen molar-refractivity contribution in [2.24, 2.45) is 0 Å². The summed E-state index contributed by atoms with van der Waals surface area (Å²) in [5.74, 6) is 0. The molecular weight excluding hydrogens is 410 g/mol. The van der Waals surface area contributed by atoms with Gasteiger partial charge in [-0.05, 0) is 41.0 Å². The van der Waals surface area contributed by atoms with Gasteiger partial charge in [0.05, 0.1) is 10.0 Å². The third-order valence-electron chi connectivity index (χ3n) is 3.21. The Morgan fingerprint density at radius 2 is 2.00 bits per heavy atom. The second-order valence-corrected chi connectivity index (χ2v) is 7.92. The lowest BCUT2D eigenvalue weighted by atomic mass is 10.3. The molecule has 114 valence electrons. The number of rotatable bonds is 3. The molecule has 4 nitrogen and oxygen atoms in total. The van der Waals surface area contributed by atoms with Crippen LogP contribution in [-0.4, -0.2) is 38.9 Å². The fourth-order valence-electron chi connectivity index (χ4n) is 2.01. The summed E-state index contributed by atoms with van der Waals surface area (Å²) in [6, 6.07) is 3.00. The summed E-state index contributed by atoms with van der Waals surface area (Å²) in [5.41, 5.74) is 0. The number of benzene rings is 1. The molecule has 1 aliphatic rings. The van der Waals surface area contributed by atoms with E-state index in [4.69, 9.17) is 23.2 Å². The van der Waals surface area contributed by atoms with Gasteiger partial charge >= 0.3 is 0 Å². The molecule has 1 unspecified atom stereocenters. The van der Waals surface area contributed by atoms with Crippen molar-refractivity contribution in [2.45, 2.75) is 17.4 Å². The fraction of sp³-hybridized carbons (Fsp3) is 0.455. The quantitative estimate of drug-likeness (QED) is 0.759. The van der Waals surface area contributed by atoms with Gasteiger partial charge in [0.1, 0.15) is 4.90 Å². The molecule has 1 N–H and O–H groups in total. The summed E-state index contributed by atoms with van der Waals surface area (Å²) >= 11 is 15.2. The van der Waals surface area contributed by atoms with Crippen LogP contribution in [0.2, 0.25) is 10.0 Å². The van der Waals surface area contributed by atoms with Crippen LogP contribution in [0, 0.1) is 0 Å². The molecule has 0 saturated carbocycles. The molecule has 2 rings (SSSR count). The summed E-state index contributed by atoms with van der Waals surface area (Å²) < 4.78 is 27.0. The Bertz CT molecular complexity index is 592. The first kappa shape index (κ1) is 18.5. The summed E-state index contributed by atoms with van der Waals surface area (Å²) in [6.45, 7) is 1.47. The number of sulfonamides is 1. The van der Waals surface area contributed by atoms with Gasteiger partial charge in [0.25, 0.3) is 0 Å². The highest BCUT2D eigenvalue weighted by Crippen LogP contribution is 2.36. The van der Waals surface area contributed by atoms with E-state index in [0.717, 1.165) is 13.0 Å². The molecule has 0 amide bonds. The predicted molar refractivity (Wildman–Crippen MR) is 87.6 cm³/mol. The Hall–Kier alpha value is 0.440. The van der Waals surface area contributed by atoms with Crippen molar-refractivity contribution in [3.8, 4) is 0 Å². The number of hydrogen-bond donors (Lipinski definition) is 1. The highest BCUT2D eigenvalue weighted by molar-refractivity contribution is 9.10. The van der Waals surface area contributed by atoms with E-state index in [1.54, 1.807) is 13.1 Å². The molecule has 1 aromatic rings. The Balaban J connectivity index is 0.00000200. The number of nitrogens with one attached hydrogen (secondary N) is 1. The van der Waals surface area contributed by atoms with Crippen LogP contribution in [0.25, 0.3) is 0 Å². The highest BCUT2D eigenvalue weighted by Gasteiger charge is 2.32. The second-order valence-electron chi connectivity index (χ2n) is 4.34. The van der Waals surface area contributed by atoms with Crippen LogP contribution in [0.1, 0.15) is 6.42 Å². The molecule has 1 aromatic carbocycles. The Kier molecular flexibility index (Phi) is 6.59. The normalized spacial score (nSPS) is 19.1. The number of hydrogen-bond acceptors (Lipinski definition) is 3. The summed E-state index contributed by atoms with van der Waals surface area (Å²) in [7, 11) is -2.07. The van der Waals surface area contributed by atoms with Gasteiger partial charge in [-0.3, -0.25) is 0 Å². The lowest BCUT2D eigenvalue weighted by Gasteiger charge is -2.23. The molecule has 1 fully saturated rings. The van der Waals surface area contributed by atoms with E-state index in [0.29, 0.717) is 11.0 Å². The Morgan fingerprint density at radius 1 is 1.35 bits per heavy atom. The third kappa shape index (κ3) is 3.43. The molecular formula is C11H14BrCl3N2O2S. The van der Waals surface area contributed by atoms with Crippen LogP contribution in [0.15, 0.2) is 21.5 Å². The van der Waals surface area contributed by atoms with Crippen LogP contribution in [-0.2, 0) is 10.0 Å². The molecule has 20 heavy (non-hydrogen) atoms. The summed E-state index contributed by atoms with van der Waals surface area (Å²) in [5, 5.41) is 3.40. The average molecular weight is 425 g/mol. The molecule has 1 saturated heterocycles. The van der Waals surface area contributed by atoms with E-state index >= 15 is 0 Å². The molecule has 0 aromatic heterocycles. The maximum absolute atomic E-state index is 12.5. The van der Waals surface area contributed by atoms with Gasteiger partial charge in [-0.15, -0.1) is 12.4 Å². The first-order valence-electron chi connectivity index (χ1n) is 5.68. The van der Waals surface area contributed by atoms with E-state index in [9.17, 15) is 8.42 Å². The summed E-state index contributed by atoms with van der Waals surface area (Å²) in [6.07, 6.45) is 0.789. The molecule has 1 aliphatic heterocycles. The number of nitrogens with zero attached hydrogens (tertiary/aromatic N) is 1. The van der Waals surface area contributed by atoms with E-state index in [2.05, 4.69) is 21.2 Å². The van der Waals surface area contributed by atoms with Crippen LogP contribution in [0.3, 0.4) is 0 Å². The van der Waals surface area contributed by atoms with Crippen LogP contribution in [0.5, 0.6) is 0 Å². The zero-order chi connectivity index (χ0) is 14.2. The molecule has 1 heterocycles. The average Bonchev–Trinajstić information content (AvgIpc) is 2.88. The van der Waals surface area contributed by atoms with Crippen LogP contribution in [0.4, 0.5) is 0 Å². The number of likely N-dealkylation sites (N-methyl/N-ethyl adjacent to an activating group) is 1. The van der Waals surface area contributed by atoms with Crippen molar-refractivity contribution in [3.05, 3.63) is 26.7 Å². The topological polar surface area (TPSA) is 49.4 Å². The Morgan fingerprint density at radius 3 is 2.55 bits per heavy atom. The minimum atomic E-state index is -3.64. The van der Waals surface area contributed by atoms with Crippen molar-refractivity contribution in [2.75, 3.05) is 20.1 Å². The zero-order valence-electron chi connectivity index (χ0n) is 10.6. The van der Waals surface area contributed by atoms with Crippen LogP contribution < -0.4 is 5.32 Å². The molecule has 0 aliphatic carbocycles. The lowest BCUT2D eigenvalue weighted by Crippen LogP contribution is -2.38. The highest BCUT2D eigenvalue weighted by atomic mass is 79.9. The molecule has 0 radical (unpaired) electrons. The minimum absolute atomic E-state index is 0. The SMILES string of the molecule is CN(C1CCNC1)S(=O)(=O)c1ccc(Br)c(Cl)c1Cl.Cl. The van der Waals surface area contributed by atoms with Crippen molar-refractivity contribution < 1.29 is 8.42 Å². The lowest BCUT2D eigenvalue weighted by molar-refractivity contribution is 0.388. The van der Waals surface area contributed by atoms with Crippen molar-refractivity contribution in [1.29, 1.82) is 0 Å². The van der Waals surface area contributed by atoms with Gasteiger partial charge in [-0.1, -0.05) is 23.2 Å².